The lowest BCUT2D eigenvalue weighted by Crippen LogP contribution is -2.47. The number of hydrogen-bond donors (Lipinski definition) is 1. The Kier molecular flexibility index (Phi) is 3.22. The molecule has 3 nitrogen and oxygen atoms in total. The smallest absolute Gasteiger partial charge is 0.313 e. The van der Waals surface area contributed by atoms with Crippen LogP contribution in [0.1, 0.15) is 30.9 Å². The van der Waals surface area contributed by atoms with Gasteiger partial charge in [-0.1, -0.05) is 48.9 Å². The number of rotatable bonds is 3. The minimum atomic E-state index is -0.543. The summed E-state index contributed by atoms with van der Waals surface area (Å²) in [5.74, 6) is -0.177. The maximum Gasteiger partial charge on any atom is 0.313 e. The van der Waals surface area contributed by atoms with Crippen LogP contribution in [-0.2, 0) is 9.53 Å². The summed E-state index contributed by atoms with van der Waals surface area (Å²) in [5, 5.41) is 2.28. The summed E-state index contributed by atoms with van der Waals surface area (Å²) in [7, 11) is 1.44. The zero-order valence-corrected chi connectivity index (χ0v) is 11.6. The van der Waals surface area contributed by atoms with Crippen molar-refractivity contribution in [2.45, 2.75) is 25.3 Å². The predicted molar refractivity (Wildman–Crippen MR) is 79.2 cm³/mol. The number of fused-ring (bicyclic) bond motifs is 1. The topological polar surface area (TPSA) is 52.3 Å². The molecule has 0 bridgehead atoms. The Morgan fingerprint density at radius 1 is 1.20 bits per heavy atom. The second kappa shape index (κ2) is 4.91. The quantitative estimate of drug-likeness (QED) is 0.871. The Bertz CT molecular complexity index is 641. The molecule has 0 spiro atoms. The van der Waals surface area contributed by atoms with E-state index in [4.69, 9.17) is 10.5 Å². The van der Waals surface area contributed by atoms with Crippen molar-refractivity contribution >= 4 is 16.7 Å². The average molecular weight is 269 g/mol. The fourth-order valence-electron chi connectivity index (χ4n) is 3.22. The van der Waals surface area contributed by atoms with E-state index in [9.17, 15) is 4.79 Å². The molecule has 104 valence electrons. The van der Waals surface area contributed by atoms with Gasteiger partial charge in [0.1, 0.15) is 0 Å². The van der Waals surface area contributed by atoms with Gasteiger partial charge in [0.05, 0.1) is 12.5 Å². The van der Waals surface area contributed by atoms with E-state index in [2.05, 4.69) is 18.2 Å². The fourth-order valence-corrected chi connectivity index (χ4v) is 3.22. The lowest BCUT2D eigenvalue weighted by molar-refractivity contribution is -0.160. The number of methoxy groups -OCH3 is 1. The first kappa shape index (κ1) is 13.1. The van der Waals surface area contributed by atoms with Gasteiger partial charge in [0.25, 0.3) is 0 Å². The van der Waals surface area contributed by atoms with Crippen LogP contribution in [0.25, 0.3) is 10.8 Å². The van der Waals surface area contributed by atoms with Crippen molar-refractivity contribution in [3.05, 3.63) is 48.0 Å². The molecule has 1 aliphatic carbocycles. The van der Waals surface area contributed by atoms with E-state index in [0.717, 1.165) is 35.6 Å². The Balaban J connectivity index is 2.08. The Hall–Kier alpha value is -1.87. The molecule has 0 amide bonds. The van der Waals surface area contributed by atoms with Gasteiger partial charge in [0, 0.05) is 6.04 Å². The Labute approximate surface area is 118 Å². The van der Waals surface area contributed by atoms with E-state index >= 15 is 0 Å². The maximum absolute atomic E-state index is 12.2. The molecule has 0 heterocycles. The number of ether oxygens (including phenoxy) is 1. The normalized spacial score (nSPS) is 18.3. The second-order valence-corrected chi connectivity index (χ2v) is 5.55. The van der Waals surface area contributed by atoms with Crippen molar-refractivity contribution < 1.29 is 9.53 Å². The van der Waals surface area contributed by atoms with Crippen molar-refractivity contribution in [2.75, 3.05) is 7.11 Å². The monoisotopic (exact) mass is 269 g/mol. The van der Waals surface area contributed by atoms with Gasteiger partial charge in [-0.05, 0) is 29.2 Å². The van der Waals surface area contributed by atoms with E-state index in [1.54, 1.807) is 0 Å². The van der Waals surface area contributed by atoms with E-state index in [0.29, 0.717) is 0 Å². The molecule has 2 aromatic carbocycles. The van der Waals surface area contributed by atoms with Crippen molar-refractivity contribution in [3.63, 3.8) is 0 Å². The number of benzene rings is 2. The van der Waals surface area contributed by atoms with Crippen molar-refractivity contribution in [2.24, 2.45) is 11.1 Å². The first-order chi connectivity index (χ1) is 9.69. The molecule has 1 fully saturated rings. The van der Waals surface area contributed by atoms with Crippen LogP contribution in [0.4, 0.5) is 0 Å². The lowest BCUT2D eigenvalue weighted by Gasteiger charge is -2.43. The average Bonchev–Trinajstić information content (AvgIpc) is 2.45. The van der Waals surface area contributed by atoms with Crippen molar-refractivity contribution in [1.82, 2.24) is 0 Å². The van der Waals surface area contributed by atoms with Crippen LogP contribution >= 0.6 is 0 Å². The highest BCUT2D eigenvalue weighted by Gasteiger charge is 2.50. The summed E-state index contributed by atoms with van der Waals surface area (Å²) in [6, 6.07) is 13.9. The van der Waals surface area contributed by atoms with Gasteiger partial charge in [-0.3, -0.25) is 4.79 Å². The van der Waals surface area contributed by atoms with Crippen LogP contribution in [0, 0.1) is 5.41 Å². The molecule has 0 saturated heterocycles. The standard InChI is InChI=1S/C17H19NO2/c1-20-16(19)17(10-5-11-17)15(18)14-9-4-7-12-6-2-3-8-13(12)14/h2-4,6-9,15H,5,10-11,18H2,1H3. The van der Waals surface area contributed by atoms with Gasteiger partial charge >= 0.3 is 5.97 Å². The molecule has 1 aliphatic rings. The summed E-state index contributed by atoms with van der Waals surface area (Å²) < 4.78 is 4.99. The molecular weight excluding hydrogens is 250 g/mol. The predicted octanol–water partition coefficient (Wildman–Crippen LogP) is 3.18. The summed E-state index contributed by atoms with van der Waals surface area (Å²) >= 11 is 0. The van der Waals surface area contributed by atoms with Gasteiger partial charge in [-0.2, -0.15) is 0 Å². The summed E-state index contributed by atoms with van der Waals surface area (Å²) in [5.41, 5.74) is 6.97. The summed E-state index contributed by atoms with van der Waals surface area (Å²) in [6.07, 6.45) is 2.65. The zero-order valence-electron chi connectivity index (χ0n) is 11.6. The number of esters is 1. The third-order valence-corrected chi connectivity index (χ3v) is 4.59. The first-order valence-electron chi connectivity index (χ1n) is 7.01. The molecule has 0 aliphatic heterocycles. The molecule has 0 aromatic heterocycles. The van der Waals surface area contributed by atoms with Crippen LogP contribution in [-0.4, -0.2) is 13.1 Å². The minimum Gasteiger partial charge on any atom is -0.469 e. The number of carbonyl (C=O) groups excluding carboxylic acids is 1. The molecular formula is C17H19NO2. The number of hydrogen-bond acceptors (Lipinski definition) is 3. The highest BCUT2D eigenvalue weighted by molar-refractivity contribution is 5.88. The van der Waals surface area contributed by atoms with Gasteiger partial charge in [0.15, 0.2) is 0 Å². The van der Waals surface area contributed by atoms with Crippen LogP contribution < -0.4 is 5.73 Å². The Morgan fingerprint density at radius 3 is 2.55 bits per heavy atom. The van der Waals surface area contributed by atoms with Gasteiger partial charge in [-0.25, -0.2) is 0 Å². The molecule has 3 heteroatoms. The summed E-state index contributed by atoms with van der Waals surface area (Å²) in [6.45, 7) is 0. The van der Waals surface area contributed by atoms with E-state index in [1.807, 2.05) is 24.3 Å². The van der Waals surface area contributed by atoms with Crippen LogP contribution in [0.5, 0.6) is 0 Å². The fraction of sp³-hybridized carbons (Fsp3) is 0.353. The molecule has 2 aromatic rings. The largest absolute Gasteiger partial charge is 0.469 e. The SMILES string of the molecule is COC(=O)C1(C(N)c2cccc3ccccc23)CCC1. The second-order valence-electron chi connectivity index (χ2n) is 5.55. The molecule has 0 radical (unpaired) electrons. The molecule has 3 rings (SSSR count). The summed E-state index contributed by atoms with van der Waals surface area (Å²) in [4.78, 5) is 12.2. The highest BCUT2D eigenvalue weighted by atomic mass is 16.5. The van der Waals surface area contributed by atoms with E-state index < -0.39 is 5.41 Å². The zero-order chi connectivity index (χ0) is 14.2. The molecule has 1 atom stereocenters. The molecule has 20 heavy (non-hydrogen) atoms. The molecule has 1 saturated carbocycles. The van der Waals surface area contributed by atoms with Crippen molar-refractivity contribution in [3.8, 4) is 0 Å². The van der Waals surface area contributed by atoms with E-state index in [1.165, 1.54) is 7.11 Å². The molecule has 1 unspecified atom stereocenters. The number of nitrogens with two attached hydrogens (primary N) is 1. The molecule has 2 N–H and O–H groups in total. The number of carbonyl (C=O) groups is 1. The maximum atomic E-state index is 12.2. The van der Waals surface area contributed by atoms with Gasteiger partial charge in [-0.15, -0.1) is 0 Å². The first-order valence-corrected chi connectivity index (χ1v) is 7.01. The van der Waals surface area contributed by atoms with Crippen LogP contribution in [0.15, 0.2) is 42.5 Å². The van der Waals surface area contributed by atoms with Crippen LogP contribution in [0.3, 0.4) is 0 Å². The van der Waals surface area contributed by atoms with Gasteiger partial charge < -0.3 is 10.5 Å². The third kappa shape index (κ3) is 1.81. The van der Waals surface area contributed by atoms with Crippen LogP contribution in [0.2, 0.25) is 0 Å². The van der Waals surface area contributed by atoms with Gasteiger partial charge in [0.2, 0.25) is 0 Å². The third-order valence-electron chi connectivity index (χ3n) is 4.59. The minimum absolute atomic E-state index is 0.177. The van der Waals surface area contributed by atoms with Crippen molar-refractivity contribution in [1.29, 1.82) is 0 Å². The Morgan fingerprint density at radius 2 is 1.90 bits per heavy atom. The highest BCUT2D eigenvalue weighted by Crippen LogP contribution is 2.50. The van der Waals surface area contributed by atoms with E-state index in [-0.39, 0.29) is 12.0 Å². The lowest BCUT2D eigenvalue weighted by atomic mass is 9.62.